The molecule has 1 aliphatic heterocycles. The topological polar surface area (TPSA) is 61.4 Å². The number of rotatable bonds is 3. The predicted octanol–water partition coefficient (Wildman–Crippen LogP) is -0.519. The van der Waals surface area contributed by atoms with Gasteiger partial charge in [-0.3, -0.25) is 10.1 Å². The molecule has 6 heteroatoms. The Kier molecular flexibility index (Phi) is 3.38. The molecule has 0 radical (unpaired) electrons. The highest BCUT2D eigenvalue weighted by Crippen LogP contribution is 2.24. The minimum Gasteiger partial charge on any atom is -0.392 e. The van der Waals surface area contributed by atoms with Crippen LogP contribution in [-0.4, -0.2) is 42.2 Å². The highest BCUT2D eigenvalue weighted by atomic mass is 19.3. The lowest BCUT2D eigenvalue weighted by atomic mass is 10.2. The Hall–Kier alpha value is -0.750. The summed E-state index contributed by atoms with van der Waals surface area (Å²) in [6.45, 7) is 1.14. The number of hydrogen-bond donors (Lipinski definition) is 3. The van der Waals surface area contributed by atoms with E-state index in [0.717, 1.165) is 0 Å². The van der Waals surface area contributed by atoms with Gasteiger partial charge in [-0.1, -0.05) is 0 Å². The van der Waals surface area contributed by atoms with Crippen molar-refractivity contribution in [3.63, 3.8) is 0 Å². The fourth-order valence-electron chi connectivity index (χ4n) is 1.27. The molecule has 14 heavy (non-hydrogen) atoms. The number of aliphatic hydroxyl groups excluding tert-OH is 1. The van der Waals surface area contributed by atoms with E-state index in [1.807, 2.05) is 0 Å². The summed E-state index contributed by atoms with van der Waals surface area (Å²) in [5.74, 6) is -3.28. The van der Waals surface area contributed by atoms with Gasteiger partial charge in [0.15, 0.2) is 0 Å². The zero-order chi connectivity index (χ0) is 10.8. The summed E-state index contributed by atoms with van der Waals surface area (Å²) in [7, 11) is 0. The van der Waals surface area contributed by atoms with Gasteiger partial charge >= 0.3 is 0 Å². The second-order valence-corrected chi connectivity index (χ2v) is 3.59. The first-order valence-electron chi connectivity index (χ1n) is 4.48. The third-order valence-corrected chi connectivity index (χ3v) is 2.00. The minimum atomic E-state index is -2.80. The van der Waals surface area contributed by atoms with Crippen molar-refractivity contribution in [1.29, 1.82) is 0 Å². The van der Waals surface area contributed by atoms with Gasteiger partial charge in [0, 0.05) is 13.0 Å². The van der Waals surface area contributed by atoms with Crippen LogP contribution < -0.4 is 10.6 Å². The lowest BCUT2D eigenvalue weighted by molar-refractivity contribution is -0.123. The van der Waals surface area contributed by atoms with Crippen LogP contribution in [0.3, 0.4) is 0 Å². The molecule has 1 heterocycles. The molecule has 82 valence electrons. The van der Waals surface area contributed by atoms with Crippen molar-refractivity contribution in [2.75, 3.05) is 13.1 Å². The zero-order valence-corrected chi connectivity index (χ0v) is 7.89. The first kappa shape index (κ1) is 11.3. The van der Waals surface area contributed by atoms with Crippen LogP contribution in [0.1, 0.15) is 13.3 Å². The van der Waals surface area contributed by atoms with Crippen molar-refractivity contribution < 1.29 is 18.7 Å². The van der Waals surface area contributed by atoms with Gasteiger partial charge in [0.25, 0.3) is 5.92 Å². The average Bonchev–Trinajstić information content (AvgIpc) is 2.41. The van der Waals surface area contributed by atoms with Crippen LogP contribution in [0.25, 0.3) is 0 Å². The van der Waals surface area contributed by atoms with Gasteiger partial charge in [0.05, 0.1) is 18.7 Å². The van der Waals surface area contributed by atoms with E-state index in [1.165, 1.54) is 6.92 Å². The van der Waals surface area contributed by atoms with Crippen LogP contribution in [0.5, 0.6) is 0 Å². The predicted molar refractivity (Wildman–Crippen MR) is 46.0 cm³/mol. The number of aliphatic hydroxyl groups is 1. The molecule has 0 saturated carbocycles. The summed E-state index contributed by atoms with van der Waals surface area (Å²) in [5, 5.41) is 13.7. The summed E-state index contributed by atoms with van der Waals surface area (Å²) in [6, 6.07) is -0.844. The molecule has 0 aromatic heterocycles. The van der Waals surface area contributed by atoms with Gasteiger partial charge in [0.1, 0.15) is 0 Å². The van der Waals surface area contributed by atoms with Crippen molar-refractivity contribution in [3.05, 3.63) is 0 Å². The van der Waals surface area contributed by atoms with Gasteiger partial charge in [-0.15, -0.1) is 0 Å². The van der Waals surface area contributed by atoms with Crippen LogP contribution in [-0.2, 0) is 4.79 Å². The van der Waals surface area contributed by atoms with Gasteiger partial charge in [0.2, 0.25) is 5.91 Å². The molecule has 0 aromatic carbocycles. The number of amides is 1. The first-order valence-corrected chi connectivity index (χ1v) is 4.48. The summed E-state index contributed by atoms with van der Waals surface area (Å²) < 4.78 is 25.3. The van der Waals surface area contributed by atoms with Gasteiger partial charge in [-0.25, -0.2) is 8.78 Å². The van der Waals surface area contributed by atoms with Gasteiger partial charge < -0.3 is 10.4 Å². The molecule has 0 aliphatic carbocycles. The number of nitrogens with one attached hydrogen (secondary N) is 2. The monoisotopic (exact) mass is 208 g/mol. The molecule has 0 spiro atoms. The highest BCUT2D eigenvalue weighted by Gasteiger charge is 2.42. The third kappa shape index (κ3) is 3.19. The summed E-state index contributed by atoms with van der Waals surface area (Å²) >= 11 is 0. The maximum absolute atomic E-state index is 12.7. The Bertz CT molecular complexity index is 221. The Morgan fingerprint density at radius 1 is 1.79 bits per heavy atom. The molecule has 2 atom stereocenters. The lowest BCUT2D eigenvalue weighted by Gasteiger charge is -2.12. The van der Waals surface area contributed by atoms with Crippen molar-refractivity contribution in [2.45, 2.75) is 31.4 Å². The number of hydrogen-bond acceptors (Lipinski definition) is 3. The van der Waals surface area contributed by atoms with E-state index in [0.29, 0.717) is 0 Å². The maximum atomic E-state index is 12.7. The largest absolute Gasteiger partial charge is 0.392 e. The Morgan fingerprint density at radius 2 is 2.43 bits per heavy atom. The molecule has 1 amide bonds. The number of alkyl halides is 2. The maximum Gasteiger partial charge on any atom is 0.262 e. The fourth-order valence-corrected chi connectivity index (χ4v) is 1.27. The van der Waals surface area contributed by atoms with Crippen LogP contribution >= 0.6 is 0 Å². The second kappa shape index (κ2) is 4.18. The number of carbonyl (C=O) groups excluding carboxylic acids is 1. The Labute approximate surface area is 80.7 Å². The first-order chi connectivity index (χ1) is 6.41. The zero-order valence-electron chi connectivity index (χ0n) is 7.89. The van der Waals surface area contributed by atoms with E-state index in [-0.39, 0.29) is 6.54 Å². The van der Waals surface area contributed by atoms with E-state index in [2.05, 4.69) is 10.6 Å². The van der Waals surface area contributed by atoms with Crippen LogP contribution in [0.2, 0.25) is 0 Å². The molecule has 1 fully saturated rings. The van der Waals surface area contributed by atoms with E-state index in [9.17, 15) is 13.6 Å². The SMILES string of the molecule is C[C@@H](O)CNC(=O)C1CC(F)(F)CN1. The third-order valence-electron chi connectivity index (χ3n) is 2.00. The molecule has 0 aromatic rings. The van der Waals surface area contributed by atoms with Gasteiger partial charge in [-0.05, 0) is 6.92 Å². The molecular weight excluding hydrogens is 194 g/mol. The smallest absolute Gasteiger partial charge is 0.262 e. The van der Waals surface area contributed by atoms with Crippen molar-refractivity contribution >= 4 is 5.91 Å². The van der Waals surface area contributed by atoms with Crippen molar-refractivity contribution in [3.8, 4) is 0 Å². The Morgan fingerprint density at radius 3 is 2.86 bits per heavy atom. The van der Waals surface area contributed by atoms with E-state index < -0.39 is 36.9 Å². The molecule has 4 nitrogen and oxygen atoms in total. The standard InChI is InChI=1S/C8H14F2N2O2/c1-5(13)3-11-7(14)6-2-8(9,10)4-12-6/h5-6,12-13H,2-4H2,1H3,(H,11,14)/t5-,6?/m1/s1. The molecule has 0 bridgehead atoms. The second-order valence-electron chi connectivity index (χ2n) is 3.59. The van der Waals surface area contributed by atoms with Crippen LogP contribution in [0.15, 0.2) is 0 Å². The Balaban J connectivity index is 2.33. The van der Waals surface area contributed by atoms with Crippen LogP contribution in [0.4, 0.5) is 8.78 Å². The highest BCUT2D eigenvalue weighted by molar-refractivity contribution is 5.82. The van der Waals surface area contributed by atoms with E-state index >= 15 is 0 Å². The number of carbonyl (C=O) groups is 1. The van der Waals surface area contributed by atoms with Crippen molar-refractivity contribution in [1.82, 2.24) is 10.6 Å². The minimum absolute atomic E-state index is 0.0859. The van der Waals surface area contributed by atoms with Crippen LogP contribution in [0, 0.1) is 0 Å². The molecular formula is C8H14F2N2O2. The normalized spacial score (nSPS) is 27.3. The lowest BCUT2D eigenvalue weighted by Crippen LogP contribution is -2.42. The molecule has 1 aliphatic rings. The average molecular weight is 208 g/mol. The van der Waals surface area contributed by atoms with E-state index in [1.54, 1.807) is 0 Å². The molecule has 1 unspecified atom stereocenters. The number of halogens is 2. The fraction of sp³-hybridized carbons (Fsp3) is 0.875. The van der Waals surface area contributed by atoms with Gasteiger partial charge in [-0.2, -0.15) is 0 Å². The summed E-state index contributed by atoms with van der Waals surface area (Å²) in [6.07, 6.45) is -1.14. The molecule has 1 saturated heterocycles. The molecule has 3 N–H and O–H groups in total. The summed E-state index contributed by atoms with van der Waals surface area (Å²) in [5.41, 5.74) is 0. The quantitative estimate of drug-likeness (QED) is 0.585. The van der Waals surface area contributed by atoms with Crippen molar-refractivity contribution in [2.24, 2.45) is 0 Å². The molecule has 1 rings (SSSR count). The summed E-state index contributed by atoms with van der Waals surface area (Å²) in [4.78, 5) is 11.2. The van der Waals surface area contributed by atoms with E-state index in [4.69, 9.17) is 5.11 Å².